The Balaban J connectivity index is 1.39. The average molecular weight is 415 g/mol. The fourth-order valence-electron chi connectivity index (χ4n) is 3.11. The van der Waals surface area contributed by atoms with E-state index in [4.69, 9.17) is 9.47 Å². The van der Waals surface area contributed by atoms with Gasteiger partial charge in [-0.3, -0.25) is 4.79 Å². The first kappa shape index (κ1) is 20.2. The van der Waals surface area contributed by atoms with Gasteiger partial charge in [-0.2, -0.15) is 5.10 Å². The minimum absolute atomic E-state index is 0.114. The van der Waals surface area contributed by atoms with Crippen LogP contribution in [0.25, 0.3) is 16.5 Å². The largest absolute Gasteiger partial charge is 0.484 e. The first-order valence-electron chi connectivity index (χ1n) is 9.87. The highest BCUT2D eigenvalue weighted by Gasteiger charge is 2.11. The summed E-state index contributed by atoms with van der Waals surface area (Å²) in [6.07, 6.45) is 1.66. The van der Waals surface area contributed by atoms with Crippen LogP contribution in [0.4, 0.5) is 5.69 Å². The highest BCUT2D eigenvalue weighted by Crippen LogP contribution is 2.21. The number of ether oxygens (including phenoxy) is 2. The number of esters is 1. The molecule has 7 nitrogen and oxygen atoms in total. The normalized spacial score (nSPS) is 10.6. The first-order chi connectivity index (χ1) is 15.1. The molecule has 7 heteroatoms. The molecular formula is C24H21N3O4. The van der Waals surface area contributed by atoms with Crippen molar-refractivity contribution in [2.24, 2.45) is 0 Å². The van der Waals surface area contributed by atoms with Gasteiger partial charge < -0.3 is 14.8 Å². The van der Waals surface area contributed by atoms with Crippen molar-refractivity contribution in [3.8, 4) is 11.4 Å². The summed E-state index contributed by atoms with van der Waals surface area (Å²) in [6.45, 7) is 1.91. The van der Waals surface area contributed by atoms with Gasteiger partial charge in [-0.05, 0) is 54.1 Å². The Hall–Kier alpha value is -4.13. The van der Waals surface area contributed by atoms with E-state index in [2.05, 4.69) is 10.4 Å². The zero-order chi connectivity index (χ0) is 21.6. The van der Waals surface area contributed by atoms with E-state index >= 15 is 0 Å². The molecule has 4 aromatic rings. The second kappa shape index (κ2) is 9.13. The summed E-state index contributed by atoms with van der Waals surface area (Å²) in [5.74, 6) is -0.125. The van der Waals surface area contributed by atoms with Crippen LogP contribution in [0.1, 0.15) is 17.4 Å². The maximum absolute atomic E-state index is 12.3. The number of anilines is 1. The maximum atomic E-state index is 12.3. The molecule has 0 aliphatic heterocycles. The van der Waals surface area contributed by atoms with Crippen LogP contribution in [0.3, 0.4) is 0 Å². The molecule has 1 aromatic heterocycles. The molecule has 0 spiro atoms. The van der Waals surface area contributed by atoms with Crippen molar-refractivity contribution < 1.29 is 19.1 Å². The van der Waals surface area contributed by atoms with Gasteiger partial charge in [0.2, 0.25) is 0 Å². The van der Waals surface area contributed by atoms with Gasteiger partial charge in [0.1, 0.15) is 5.75 Å². The molecule has 1 heterocycles. The second-order valence-corrected chi connectivity index (χ2v) is 6.76. The first-order valence-corrected chi connectivity index (χ1v) is 9.87. The lowest BCUT2D eigenvalue weighted by atomic mass is 10.1. The molecule has 3 aromatic carbocycles. The molecule has 0 saturated carbocycles. The molecule has 0 aliphatic rings. The zero-order valence-electron chi connectivity index (χ0n) is 16.9. The Morgan fingerprint density at radius 2 is 1.81 bits per heavy atom. The van der Waals surface area contributed by atoms with Crippen LogP contribution >= 0.6 is 0 Å². The highest BCUT2D eigenvalue weighted by molar-refractivity contribution is 5.92. The second-order valence-electron chi connectivity index (χ2n) is 6.76. The number of fused-ring (bicyclic) bond motifs is 1. The molecule has 156 valence electrons. The number of nitrogens with one attached hydrogen (secondary N) is 1. The maximum Gasteiger partial charge on any atom is 0.358 e. The van der Waals surface area contributed by atoms with Crippen LogP contribution in [0.2, 0.25) is 0 Å². The van der Waals surface area contributed by atoms with Crippen molar-refractivity contribution in [1.29, 1.82) is 0 Å². The van der Waals surface area contributed by atoms with Crippen molar-refractivity contribution in [2.75, 3.05) is 18.5 Å². The van der Waals surface area contributed by atoms with Gasteiger partial charge in [0, 0.05) is 11.9 Å². The fourth-order valence-corrected chi connectivity index (χ4v) is 3.11. The van der Waals surface area contributed by atoms with Gasteiger partial charge in [0.25, 0.3) is 5.91 Å². The number of carbonyl (C=O) groups is 2. The number of amides is 1. The van der Waals surface area contributed by atoms with Gasteiger partial charge in [-0.15, -0.1) is 0 Å². The fraction of sp³-hybridized carbons (Fsp3) is 0.125. The van der Waals surface area contributed by atoms with E-state index in [0.717, 1.165) is 10.8 Å². The molecule has 1 N–H and O–H groups in total. The number of nitrogens with zero attached hydrogens (tertiary/aromatic N) is 2. The van der Waals surface area contributed by atoms with Crippen LogP contribution < -0.4 is 10.1 Å². The smallest absolute Gasteiger partial charge is 0.358 e. The molecule has 0 saturated heterocycles. The summed E-state index contributed by atoms with van der Waals surface area (Å²) in [5.41, 5.74) is 1.52. The third-order valence-electron chi connectivity index (χ3n) is 4.56. The van der Waals surface area contributed by atoms with Gasteiger partial charge in [0.05, 0.1) is 12.3 Å². The molecule has 31 heavy (non-hydrogen) atoms. The van der Waals surface area contributed by atoms with Gasteiger partial charge >= 0.3 is 5.97 Å². The van der Waals surface area contributed by atoms with Crippen LogP contribution in [-0.2, 0) is 9.53 Å². The SMILES string of the molecule is CCOC(=O)c1ccn(-c2cccc(NC(=O)COc3ccc4ccccc4c3)c2)n1. The number of benzene rings is 3. The van der Waals surface area contributed by atoms with E-state index in [1.165, 1.54) is 0 Å². The summed E-state index contributed by atoms with van der Waals surface area (Å²) in [4.78, 5) is 24.1. The van der Waals surface area contributed by atoms with Gasteiger partial charge in [0.15, 0.2) is 12.3 Å². The minimum atomic E-state index is -0.475. The number of carbonyl (C=O) groups excluding carboxylic acids is 2. The minimum Gasteiger partial charge on any atom is -0.484 e. The van der Waals surface area contributed by atoms with E-state index in [-0.39, 0.29) is 24.8 Å². The molecule has 0 aliphatic carbocycles. The summed E-state index contributed by atoms with van der Waals surface area (Å²) < 4.78 is 12.1. The van der Waals surface area contributed by atoms with Crippen molar-refractivity contribution in [1.82, 2.24) is 9.78 Å². The Kier molecular flexibility index (Phi) is 5.93. The highest BCUT2D eigenvalue weighted by atomic mass is 16.5. The number of hydrogen-bond acceptors (Lipinski definition) is 5. The van der Waals surface area contributed by atoms with Crippen molar-refractivity contribution in [2.45, 2.75) is 6.92 Å². The third-order valence-corrected chi connectivity index (χ3v) is 4.56. The standard InChI is InChI=1S/C24H21N3O4/c1-2-30-24(29)22-12-13-27(26-22)20-9-5-8-19(15-20)25-23(28)16-31-21-11-10-17-6-3-4-7-18(17)14-21/h3-15H,2,16H2,1H3,(H,25,28). The number of aromatic nitrogens is 2. The lowest BCUT2D eigenvalue weighted by Gasteiger charge is -2.09. The molecule has 0 unspecified atom stereocenters. The van der Waals surface area contributed by atoms with Gasteiger partial charge in [-0.25, -0.2) is 9.48 Å². The summed E-state index contributed by atoms with van der Waals surface area (Å²) in [7, 11) is 0. The molecule has 0 bridgehead atoms. The van der Waals surface area contributed by atoms with E-state index in [0.29, 0.717) is 17.1 Å². The van der Waals surface area contributed by atoms with Crippen LogP contribution in [0, 0.1) is 0 Å². The predicted molar refractivity (Wildman–Crippen MR) is 118 cm³/mol. The quantitative estimate of drug-likeness (QED) is 0.457. The molecule has 0 radical (unpaired) electrons. The monoisotopic (exact) mass is 415 g/mol. The van der Waals surface area contributed by atoms with Crippen molar-refractivity contribution in [3.63, 3.8) is 0 Å². The van der Waals surface area contributed by atoms with E-state index < -0.39 is 5.97 Å². The molecule has 0 fully saturated rings. The van der Waals surface area contributed by atoms with Gasteiger partial charge in [-0.1, -0.05) is 36.4 Å². The summed E-state index contributed by atoms with van der Waals surface area (Å²) in [5, 5.41) is 9.20. The molecule has 4 rings (SSSR count). The number of hydrogen-bond donors (Lipinski definition) is 1. The van der Waals surface area contributed by atoms with Crippen molar-refractivity contribution >= 4 is 28.3 Å². The Labute approximate surface area is 179 Å². The average Bonchev–Trinajstić information content (AvgIpc) is 3.29. The Morgan fingerprint density at radius 3 is 2.65 bits per heavy atom. The third kappa shape index (κ3) is 4.90. The van der Waals surface area contributed by atoms with Crippen LogP contribution in [0.5, 0.6) is 5.75 Å². The van der Waals surface area contributed by atoms with Crippen LogP contribution in [-0.4, -0.2) is 34.9 Å². The number of rotatable bonds is 7. The zero-order valence-corrected chi connectivity index (χ0v) is 16.9. The predicted octanol–water partition coefficient (Wildman–Crippen LogP) is 4.22. The van der Waals surface area contributed by atoms with E-state index in [1.54, 1.807) is 42.1 Å². The Morgan fingerprint density at radius 1 is 0.968 bits per heavy atom. The van der Waals surface area contributed by atoms with Crippen LogP contribution in [0.15, 0.2) is 79.0 Å². The topological polar surface area (TPSA) is 82.5 Å². The molecule has 1 amide bonds. The van der Waals surface area contributed by atoms with E-state index in [1.807, 2.05) is 48.5 Å². The summed E-state index contributed by atoms with van der Waals surface area (Å²) in [6, 6.07) is 22.4. The molecular weight excluding hydrogens is 394 g/mol. The van der Waals surface area contributed by atoms with Crippen molar-refractivity contribution in [3.05, 3.63) is 84.7 Å². The summed E-state index contributed by atoms with van der Waals surface area (Å²) >= 11 is 0. The molecule has 0 atom stereocenters. The Bertz CT molecular complexity index is 1230. The lowest BCUT2D eigenvalue weighted by Crippen LogP contribution is -2.20. The van der Waals surface area contributed by atoms with E-state index in [9.17, 15) is 9.59 Å². The lowest BCUT2D eigenvalue weighted by molar-refractivity contribution is -0.118.